The van der Waals surface area contributed by atoms with E-state index in [1.165, 1.54) is 11.1 Å². The molecule has 0 bridgehead atoms. The highest BCUT2D eigenvalue weighted by atomic mass is 127. The van der Waals surface area contributed by atoms with Crippen LogP contribution in [-0.2, 0) is 13.0 Å². The molecule has 3 aromatic rings. The number of imidazole rings is 1. The van der Waals surface area contributed by atoms with E-state index in [-0.39, 0.29) is 24.0 Å². The van der Waals surface area contributed by atoms with E-state index in [1.54, 1.807) is 13.2 Å². The number of nitrogens with zero attached hydrogens (tertiary/aromatic N) is 3. The molecule has 3 rings (SSSR count). The Kier molecular flexibility index (Phi) is 8.14. The molecule has 1 heterocycles. The summed E-state index contributed by atoms with van der Waals surface area (Å²) in [5, 5.41) is 6.74. The molecule has 2 aromatic carbocycles. The van der Waals surface area contributed by atoms with E-state index >= 15 is 0 Å². The molecule has 0 unspecified atom stereocenters. The summed E-state index contributed by atoms with van der Waals surface area (Å²) >= 11 is 0. The number of aliphatic imine (C=N–C) groups is 1. The molecule has 0 saturated carbocycles. The van der Waals surface area contributed by atoms with Gasteiger partial charge in [-0.3, -0.25) is 4.99 Å². The first kappa shape index (κ1) is 20.0. The van der Waals surface area contributed by atoms with Crippen LogP contribution >= 0.6 is 24.0 Å². The molecule has 0 aliphatic rings. The normalized spacial score (nSPS) is 10.9. The number of guanidine groups is 1. The van der Waals surface area contributed by atoms with E-state index in [4.69, 9.17) is 0 Å². The summed E-state index contributed by atoms with van der Waals surface area (Å²) in [5.74, 6) is 0.802. The lowest BCUT2D eigenvalue weighted by Crippen LogP contribution is -2.38. The summed E-state index contributed by atoms with van der Waals surface area (Å²) in [5.41, 5.74) is 3.62. The van der Waals surface area contributed by atoms with Crippen LogP contribution in [0.15, 0.2) is 78.3 Å². The second kappa shape index (κ2) is 10.6. The molecule has 26 heavy (non-hydrogen) atoms. The van der Waals surface area contributed by atoms with Gasteiger partial charge in [0.05, 0.1) is 12.0 Å². The van der Waals surface area contributed by atoms with Gasteiger partial charge in [-0.05, 0) is 23.6 Å². The van der Waals surface area contributed by atoms with Gasteiger partial charge in [-0.1, -0.05) is 48.5 Å². The number of benzene rings is 2. The Morgan fingerprint density at radius 3 is 2.54 bits per heavy atom. The third-order valence-corrected chi connectivity index (χ3v) is 3.99. The first-order valence-electron chi connectivity index (χ1n) is 8.41. The van der Waals surface area contributed by atoms with Crippen molar-refractivity contribution in [3.05, 3.63) is 84.4 Å². The zero-order valence-corrected chi connectivity index (χ0v) is 17.1. The predicted molar refractivity (Wildman–Crippen MR) is 117 cm³/mol. The van der Waals surface area contributed by atoms with E-state index in [2.05, 4.69) is 57.0 Å². The molecule has 6 heteroatoms. The highest BCUT2D eigenvalue weighted by Gasteiger charge is 2.05. The summed E-state index contributed by atoms with van der Waals surface area (Å²) in [7, 11) is 1.79. The molecule has 1 aromatic heterocycles. The van der Waals surface area contributed by atoms with Crippen LogP contribution in [0.25, 0.3) is 5.69 Å². The van der Waals surface area contributed by atoms with E-state index < -0.39 is 0 Å². The fraction of sp³-hybridized carbons (Fsp3) is 0.200. The molecule has 0 fully saturated rings. The minimum Gasteiger partial charge on any atom is -0.356 e. The number of hydrogen-bond acceptors (Lipinski definition) is 2. The monoisotopic (exact) mass is 461 g/mol. The van der Waals surface area contributed by atoms with E-state index in [9.17, 15) is 0 Å². The summed E-state index contributed by atoms with van der Waals surface area (Å²) in [6.45, 7) is 1.53. The van der Waals surface area contributed by atoms with Crippen LogP contribution in [0.2, 0.25) is 0 Å². The maximum absolute atomic E-state index is 4.30. The third kappa shape index (κ3) is 5.59. The first-order chi connectivity index (χ1) is 12.4. The maximum Gasteiger partial charge on any atom is 0.191 e. The van der Waals surface area contributed by atoms with Gasteiger partial charge in [0, 0.05) is 32.5 Å². The molecule has 0 amide bonds. The molecule has 5 nitrogen and oxygen atoms in total. The van der Waals surface area contributed by atoms with Gasteiger partial charge in [0.2, 0.25) is 0 Å². The van der Waals surface area contributed by atoms with Gasteiger partial charge in [0.1, 0.15) is 0 Å². The molecule has 0 aliphatic heterocycles. The topological polar surface area (TPSA) is 54.2 Å². The minimum absolute atomic E-state index is 0. The summed E-state index contributed by atoms with van der Waals surface area (Å²) in [6, 6.07) is 18.7. The first-order valence-corrected chi connectivity index (χ1v) is 8.41. The van der Waals surface area contributed by atoms with Crippen LogP contribution in [-0.4, -0.2) is 29.1 Å². The average molecular weight is 461 g/mol. The minimum atomic E-state index is 0. The summed E-state index contributed by atoms with van der Waals surface area (Å²) in [4.78, 5) is 8.43. The largest absolute Gasteiger partial charge is 0.356 e. The Bertz CT molecular complexity index is 800. The van der Waals surface area contributed by atoms with Gasteiger partial charge in [0.15, 0.2) is 5.96 Å². The van der Waals surface area contributed by atoms with E-state index in [0.717, 1.165) is 24.6 Å². The van der Waals surface area contributed by atoms with Crippen LogP contribution in [0.5, 0.6) is 0 Å². The third-order valence-electron chi connectivity index (χ3n) is 3.99. The van der Waals surface area contributed by atoms with Crippen molar-refractivity contribution in [3.8, 4) is 5.69 Å². The lowest BCUT2D eigenvalue weighted by Gasteiger charge is -2.14. The van der Waals surface area contributed by atoms with Gasteiger partial charge in [-0.25, -0.2) is 4.98 Å². The van der Waals surface area contributed by atoms with Crippen LogP contribution in [0.1, 0.15) is 11.1 Å². The van der Waals surface area contributed by atoms with Crippen molar-refractivity contribution in [2.75, 3.05) is 13.6 Å². The van der Waals surface area contributed by atoms with Crippen molar-refractivity contribution in [2.24, 2.45) is 4.99 Å². The molecule has 2 N–H and O–H groups in total. The van der Waals surface area contributed by atoms with Crippen molar-refractivity contribution in [1.82, 2.24) is 20.2 Å². The molecular formula is C20H24IN5. The molecule has 0 saturated heterocycles. The Balaban J connectivity index is 0.00000243. The van der Waals surface area contributed by atoms with Gasteiger partial charge in [-0.15, -0.1) is 24.0 Å². The second-order valence-corrected chi connectivity index (χ2v) is 5.69. The SMILES string of the molecule is CN=C(NCCc1ccccc1)NCc1ccccc1-n1ccnc1.I. The zero-order chi connectivity index (χ0) is 17.3. The quantitative estimate of drug-likeness (QED) is 0.336. The van der Waals surface area contributed by atoms with Crippen LogP contribution in [0.4, 0.5) is 0 Å². The maximum atomic E-state index is 4.30. The highest BCUT2D eigenvalue weighted by molar-refractivity contribution is 14.0. The fourth-order valence-corrected chi connectivity index (χ4v) is 2.68. The Morgan fingerprint density at radius 1 is 1.04 bits per heavy atom. The summed E-state index contributed by atoms with van der Waals surface area (Å²) < 4.78 is 2.02. The van der Waals surface area contributed by atoms with Gasteiger partial charge >= 0.3 is 0 Å². The zero-order valence-electron chi connectivity index (χ0n) is 14.8. The van der Waals surface area contributed by atoms with E-state index in [1.807, 2.05) is 35.3 Å². The highest BCUT2D eigenvalue weighted by Crippen LogP contribution is 2.13. The standard InChI is InChI=1S/C20H23N5.HI/c1-21-20(23-12-11-17-7-3-2-4-8-17)24-15-18-9-5-6-10-19(18)25-14-13-22-16-25;/h2-10,13-14,16H,11-12,15H2,1H3,(H2,21,23,24);1H. The van der Waals surface area contributed by atoms with Gasteiger partial charge < -0.3 is 15.2 Å². The number of rotatable bonds is 6. The summed E-state index contributed by atoms with van der Waals surface area (Å²) in [6.07, 6.45) is 6.51. The smallest absolute Gasteiger partial charge is 0.191 e. The number of nitrogens with one attached hydrogen (secondary N) is 2. The number of halogens is 1. The molecule has 0 spiro atoms. The number of para-hydroxylation sites is 1. The Hall–Kier alpha value is -2.35. The number of aromatic nitrogens is 2. The number of hydrogen-bond donors (Lipinski definition) is 2. The predicted octanol–water partition coefficient (Wildman–Crippen LogP) is 3.40. The van der Waals surface area contributed by atoms with E-state index in [0.29, 0.717) is 6.54 Å². The molecular weight excluding hydrogens is 437 g/mol. The molecule has 0 atom stereocenters. The van der Waals surface area contributed by atoms with Gasteiger partial charge in [0.25, 0.3) is 0 Å². The van der Waals surface area contributed by atoms with Crippen molar-refractivity contribution >= 4 is 29.9 Å². The van der Waals surface area contributed by atoms with Crippen molar-refractivity contribution < 1.29 is 0 Å². The average Bonchev–Trinajstić information content (AvgIpc) is 3.20. The van der Waals surface area contributed by atoms with Crippen LogP contribution in [0.3, 0.4) is 0 Å². The Morgan fingerprint density at radius 2 is 1.81 bits per heavy atom. The van der Waals surface area contributed by atoms with Gasteiger partial charge in [-0.2, -0.15) is 0 Å². The molecule has 136 valence electrons. The van der Waals surface area contributed by atoms with Crippen molar-refractivity contribution in [1.29, 1.82) is 0 Å². The lowest BCUT2D eigenvalue weighted by molar-refractivity contribution is 0.791. The Labute approximate surface area is 171 Å². The van der Waals surface area contributed by atoms with Crippen LogP contribution in [0, 0.1) is 0 Å². The fourth-order valence-electron chi connectivity index (χ4n) is 2.68. The molecule has 0 radical (unpaired) electrons. The van der Waals surface area contributed by atoms with Crippen molar-refractivity contribution in [2.45, 2.75) is 13.0 Å². The van der Waals surface area contributed by atoms with Crippen LogP contribution < -0.4 is 10.6 Å². The second-order valence-electron chi connectivity index (χ2n) is 5.69. The van der Waals surface area contributed by atoms with Crippen molar-refractivity contribution in [3.63, 3.8) is 0 Å². The lowest BCUT2D eigenvalue weighted by atomic mass is 10.1. The molecule has 0 aliphatic carbocycles.